The fraction of sp³-hybridized carbons (Fsp3) is 0.364. The van der Waals surface area contributed by atoms with Gasteiger partial charge in [-0.2, -0.15) is 0 Å². The molecule has 6 nitrogen and oxygen atoms in total. The molecular weight excluding hydrogens is 243 g/mol. The number of nitrogens with zero attached hydrogens (tertiary/aromatic N) is 2. The quantitative estimate of drug-likeness (QED) is 0.642. The molecule has 0 radical (unpaired) electrons. The molecule has 1 rings (SSSR count). The van der Waals surface area contributed by atoms with Crippen LogP contribution in [-0.2, 0) is 4.79 Å². The van der Waals surface area contributed by atoms with E-state index in [2.05, 4.69) is 0 Å². The van der Waals surface area contributed by atoms with E-state index in [-0.39, 0.29) is 17.9 Å². The highest BCUT2D eigenvalue weighted by Gasteiger charge is 2.23. The van der Waals surface area contributed by atoms with Gasteiger partial charge in [0, 0.05) is 19.7 Å². The van der Waals surface area contributed by atoms with Crippen LogP contribution in [0.5, 0.6) is 0 Å². The molecule has 7 heteroatoms. The maximum absolute atomic E-state index is 13.6. The third-order valence-electron chi connectivity index (χ3n) is 2.51. The van der Waals surface area contributed by atoms with Crippen molar-refractivity contribution in [3.05, 3.63) is 34.1 Å². The molecule has 0 heterocycles. The molecular formula is C11H13FN2O4. The van der Waals surface area contributed by atoms with Crippen molar-refractivity contribution < 1.29 is 19.2 Å². The van der Waals surface area contributed by atoms with E-state index in [4.69, 9.17) is 5.11 Å². The van der Waals surface area contributed by atoms with Gasteiger partial charge in [0.25, 0.3) is 5.69 Å². The summed E-state index contributed by atoms with van der Waals surface area (Å²) in [7, 11) is 1.42. The van der Waals surface area contributed by atoms with Crippen molar-refractivity contribution in [2.45, 2.75) is 6.92 Å². The number of hydrogen-bond acceptors (Lipinski definition) is 4. The highest BCUT2D eigenvalue weighted by atomic mass is 19.1. The van der Waals surface area contributed by atoms with Crippen molar-refractivity contribution in [2.75, 3.05) is 18.5 Å². The third-order valence-corrected chi connectivity index (χ3v) is 2.51. The lowest BCUT2D eigenvalue weighted by molar-refractivity contribution is -0.384. The van der Waals surface area contributed by atoms with Crippen LogP contribution >= 0.6 is 0 Å². The molecule has 0 bridgehead atoms. The van der Waals surface area contributed by atoms with Gasteiger partial charge < -0.3 is 10.0 Å². The number of aliphatic carboxylic acids is 1. The number of nitro groups is 1. The van der Waals surface area contributed by atoms with E-state index in [0.29, 0.717) is 0 Å². The first-order valence-electron chi connectivity index (χ1n) is 5.21. The molecule has 98 valence electrons. The van der Waals surface area contributed by atoms with Crippen molar-refractivity contribution in [1.29, 1.82) is 0 Å². The zero-order chi connectivity index (χ0) is 13.9. The average molecular weight is 256 g/mol. The number of para-hydroxylation sites is 1. The molecule has 1 N–H and O–H groups in total. The van der Waals surface area contributed by atoms with Gasteiger partial charge in [-0.05, 0) is 6.07 Å². The summed E-state index contributed by atoms with van der Waals surface area (Å²) in [6.07, 6.45) is 0. The normalized spacial score (nSPS) is 11.9. The second-order valence-electron chi connectivity index (χ2n) is 3.98. The number of anilines is 1. The summed E-state index contributed by atoms with van der Waals surface area (Å²) >= 11 is 0. The fourth-order valence-electron chi connectivity index (χ4n) is 1.61. The van der Waals surface area contributed by atoms with E-state index in [1.165, 1.54) is 31.0 Å². The summed E-state index contributed by atoms with van der Waals surface area (Å²) in [5.41, 5.74) is -0.578. The van der Waals surface area contributed by atoms with Crippen LogP contribution in [0, 0.1) is 21.8 Å². The molecule has 1 aromatic rings. The first-order chi connectivity index (χ1) is 8.34. The summed E-state index contributed by atoms with van der Waals surface area (Å²) in [5, 5.41) is 19.6. The van der Waals surface area contributed by atoms with E-state index in [9.17, 15) is 19.3 Å². The number of carboxylic acids is 1. The summed E-state index contributed by atoms with van der Waals surface area (Å²) < 4.78 is 13.6. The van der Waals surface area contributed by atoms with Crippen molar-refractivity contribution in [1.82, 2.24) is 0 Å². The van der Waals surface area contributed by atoms with Crippen LogP contribution in [0.1, 0.15) is 6.92 Å². The minimum absolute atomic E-state index is 0.0168. The van der Waals surface area contributed by atoms with Crippen molar-refractivity contribution in [3.63, 3.8) is 0 Å². The second-order valence-corrected chi connectivity index (χ2v) is 3.98. The Labute approximate surface area is 103 Å². The highest BCUT2D eigenvalue weighted by Crippen LogP contribution is 2.30. The molecule has 0 spiro atoms. The molecule has 0 aliphatic heterocycles. The number of halogens is 1. The van der Waals surface area contributed by atoms with E-state index in [1.807, 2.05) is 0 Å². The maximum Gasteiger partial charge on any atom is 0.308 e. The van der Waals surface area contributed by atoms with Crippen LogP contribution in [0.3, 0.4) is 0 Å². The molecule has 0 aromatic heterocycles. The Balaban J connectivity index is 3.08. The topological polar surface area (TPSA) is 83.7 Å². The number of carboxylic acid groups (broad SMARTS) is 1. The van der Waals surface area contributed by atoms with E-state index in [1.54, 1.807) is 0 Å². The number of benzene rings is 1. The summed E-state index contributed by atoms with van der Waals surface area (Å²) in [6, 6.07) is 3.52. The van der Waals surface area contributed by atoms with Gasteiger partial charge in [-0.25, -0.2) is 4.39 Å². The lowest BCUT2D eigenvalue weighted by Crippen LogP contribution is -2.29. The minimum Gasteiger partial charge on any atom is -0.481 e. The molecule has 0 aliphatic carbocycles. The van der Waals surface area contributed by atoms with Gasteiger partial charge in [-0.1, -0.05) is 13.0 Å². The number of nitro benzene ring substituents is 1. The van der Waals surface area contributed by atoms with Crippen LogP contribution in [0.25, 0.3) is 0 Å². The van der Waals surface area contributed by atoms with Gasteiger partial charge in [0.2, 0.25) is 0 Å². The van der Waals surface area contributed by atoms with Gasteiger partial charge in [0.05, 0.1) is 10.8 Å². The number of hydrogen-bond donors (Lipinski definition) is 1. The molecule has 0 aliphatic rings. The van der Waals surface area contributed by atoms with Crippen LogP contribution in [0.15, 0.2) is 18.2 Å². The zero-order valence-corrected chi connectivity index (χ0v) is 9.96. The second kappa shape index (κ2) is 5.44. The lowest BCUT2D eigenvalue weighted by Gasteiger charge is -2.21. The number of carbonyl (C=O) groups is 1. The Morgan fingerprint density at radius 1 is 1.61 bits per heavy atom. The Kier molecular flexibility index (Phi) is 4.19. The summed E-state index contributed by atoms with van der Waals surface area (Å²) in [5.74, 6) is -2.54. The highest BCUT2D eigenvalue weighted by molar-refractivity contribution is 5.71. The Hall–Kier alpha value is -2.18. The Bertz CT molecular complexity index is 478. The average Bonchev–Trinajstić information content (AvgIpc) is 2.27. The van der Waals surface area contributed by atoms with E-state index >= 15 is 0 Å². The van der Waals surface area contributed by atoms with Crippen LogP contribution in [0.4, 0.5) is 15.8 Å². The molecule has 0 saturated heterocycles. The molecule has 1 unspecified atom stereocenters. The summed E-state index contributed by atoms with van der Waals surface area (Å²) in [4.78, 5) is 22.1. The monoisotopic (exact) mass is 256 g/mol. The Morgan fingerprint density at radius 3 is 2.72 bits per heavy atom. The maximum atomic E-state index is 13.6. The van der Waals surface area contributed by atoms with Crippen LogP contribution in [-0.4, -0.2) is 29.6 Å². The molecule has 0 fully saturated rings. The van der Waals surface area contributed by atoms with Gasteiger partial charge in [-0.15, -0.1) is 0 Å². The molecule has 1 atom stereocenters. The first-order valence-corrected chi connectivity index (χ1v) is 5.21. The minimum atomic E-state index is -1.04. The predicted octanol–water partition coefficient (Wildman–Crippen LogP) is 1.89. The van der Waals surface area contributed by atoms with Gasteiger partial charge in [-0.3, -0.25) is 14.9 Å². The fourth-order valence-corrected chi connectivity index (χ4v) is 1.61. The van der Waals surface area contributed by atoms with Crippen LogP contribution < -0.4 is 4.90 Å². The van der Waals surface area contributed by atoms with Crippen molar-refractivity contribution >= 4 is 17.3 Å². The predicted molar refractivity (Wildman–Crippen MR) is 63.1 cm³/mol. The Morgan fingerprint density at radius 2 is 2.22 bits per heavy atom. The van der Waals surface area contributed by atoms with Gasteiger partial charge in [0.1, 0.15) is 0 Å². The third kappa shape index (κ3) is 2.93. The molecule has 1 aromatic carbocycles. The smallest absolute Gasteiger partial charge is 0.308 e. The molecule has 0 saturated carbocycles. The van der Waals surface area contributed by atoms with Gasteiger partial charge >= 0.3 is 5.97 Å². The SMILES string of the molecule is CC(CN(C)c1c(F)cccc1[N+](=O)[O-])C(=O)O. The standard InChI is InChI=1S/C11H13FN2O4/c1-7(11(15)16)6-13(2)10-8(12)4-3-5-9(10)14(17)18/h3-5,7H,6H2,1-2H3,(H,15,16). The molecule has 18 heavy (non-hydrogen) atoms. The molecule has 0 amide bonds. The van der Waals surface area contributed by atoms with Crippen LogP contribution in [0.2, 0.25) is 0 Å². The largest absolute Gasteiger partial charge is 0.481 e. The summed E-state index contributed by atoms with van der Waals surface area (Å²) in [6.45, 7) is 1.43. The van der Waals surface area contributed by atoms with E-state index in [0.717, 1.165) is 6.07 Å². The van der Waals surface area contributed by atoms with E-state index < -0.39 is 22.6 Å². The van der Waals surface area contributed by atoms with Crippen molar-refractivity contribution in [2.24, 2.45) is 5.92 Å². The lowest BCUT2D eigenvalue weighted by atomic mass is 10.1. The first kappa shape index (κ1) is 13.9. The van der Waals surface area contributed by atoms with Gasteiger partial charge in [0.15, 0.2) is 11.5 Å². The zero-order valence-electron chi connectivity index (χ0n) is 9.96. The van der Waals surface area contributed by atoms with Crippen molar-refractivity contribution in [3.8, 4) is 0 Å². The number of rotatable bonds is 5.